The molecule has 0 unspecified atom stereocenters. The van der Waals surface area contributed by atoms with Crippen molar-refractivity contribution in [3.05, 3.63) is 6.92 Å². The quantitative estimate of drug-likeness (QED) is 0.387. The van der Waals surface area contributed by atoms with Crippen LogP contribution in [0.4, 0.5) is 0 Å². The Bertz CT molecular complexity index is 97.2. The maximum Gasteiger partial charge on any atom is 0.0385 e. The molecule has 0 bridgehead atoms. The molecular formula is C11H22N. The van der Waals surface area contributed by atoms with E-state index in [0.717, 1.165) is 19.4 Å². The van der Waals surface area contributed by atoms with Gasteiger partial charge in [-0.1, -0.05) is 39.5 Å². The first-order valence-corrected chi connectivity index (χ1v) is 5.19. The van der Waals surface area contributed by atoms with Crippen molar-refractivity contribution in [2.45, 2.75) is 51.9 Å². The van der Waals surface area contributed by atoms with Gasteiger partial charge in [0.15, 0.2) is 0 Å². The number of unbranched alkanes of at least 4 members (excludes halogenated alkanes) is 5. The summed E-state index contributed by atoms with van der Waals surface area (Å²) < 4.78 is 0. The molecule has 0 aliphatic carbocycles. The lowest BCUT2D eigenvalue weighted by Crippen LogP contribution is -1.83. The lowest BCUT2D eigenvalue weighted by atomic mass is 10.2. The van der Waals surface area contributed by atoms with E-state index >= 15 is 0 Å². The van der Waals surface area contributed by atoms with Crippen LogP contribution in [0.3, 0.4) is 0 Å². The largest absolute Gasteiger partial charge is 0.298 e. The zero-order valence-corrected chi connectivity index (χ0v) is 8.39. The summed E-state index contributed by atoms with van der Waals surface area (Å²) >= 11 is 0. The van der Waals surface area contributed by atoms with E-state index < -0.39 is 0 Å². The number of hydrogen-bond acceptors (Lipinski definition) is 1. The fraction of sp³-hybridized carbons (Fsp3) is 0.818. The molecule has 0 amide bonds. The normalized spacial score (nSPS) is 11.2. The Kier molecular flexibility index (Phi) is 10.4. The summed E-state index contributed by atoms with van der Waals surface area (Å²) in [5.74, 6) is 0. The van der Waals surface area contributed by atoms with E-state index in [0.29, 0.717) is 0 Å². The second-order valence-electron chi connectivity index (χ2n) is 3.15. The summed E-state index contributed by atoms with van der Waals surface area (Å²) in [5, 5.41) is 0. The molecule has 0 aromatic rings. The molecule has 71 valence electrons. The molecular weight excluding hydrogens is 146 g/mol. The fourth-order valence-corrected chi connectivity index (χ4v) is 1.05. The molecule has 0 atom stereocenters. The van der Waals surface area contributed by atoms with Crippen molar-refractivity contribution in [3.63, 3.8) is 0 Å². The Hall–Kier alpha value is -0.330. The lowest BCUT2D eigenvalue weighted by molar-refractivity contribution is 0.675. The van der Waals surface area contributed by atoms with Gasteiger partial charge in [-0.15, -0.1) is 0 Å². The van der Waals surface area contributed by atoms with E-state index in [-0.39, 0.29) is 0 Å². The minimum Gasteiger partial charge on any atom is -0.298 e. The van der Waals surface area contributed by atoms with E-state index in [4.69, 9.17) is 0 Å². The minimum absolute atomic E-state index is 1.02. The van der Waals surface area contributed by atoms with E-state index in [1.807, 2.05) is 0 Å². The molecule has 0 fully saturated rings. The minimum atomic E-state index is 1.02. The highest BCUT2D eigenvalue weighted by molar-refractivity contribution is 5.56. The van der Waals surface area contributed by atoms with Crippen molar-refractivity contribution in [2.24, 2.45) is 4.99 Å². The predicted octanol–water partition coefficient (Wildman–Crippen LogP) is 3.64. The summed E-state index contributed by atoms with van der Waals surface area (Å²) in [6.45, 7) is 7.04. The molecule has 1 nitrogen and oxygen atoms in total. The summed E-state index contributed by atoms with van der Waals surface area (Å²) in [5.41, 5.74) is 0. The number of hydrogen-bond donors (Lipinski definition) is 0. The zero-order chi connectivity index (χ0) is 9.07. The lowest BCUT2D eigenvalue weighted by Gasteiger charge is -1.94. The molecule has 12 heavy (non-hydrogen) atoms. The Labute approximate surface area is 77.3 Å². The summed E-state index contributed by atoms with van der Waals surface area (Å²) in [7, 11) is 0. The third-order valence-corrected chi connectivity index (χ3v) is 1.85. The molecule has 0 spiro atoms. The van der Waals surface area contributed by atoms with E-state index in [1.165, 1.54) is 32.1 Å². The first-order valence-electron chi connectivity index (χ1n) is 5.19. The topological polar surface area (TPSA) is 12.4 Å². The molecule has 0 saturated carbocycles. The Morgan fingerprint density at radius 2 is 2.00 bits per heavy atom. The second-order valence-corrected chi connectivity index (χ2v) is 3.15. The highest BCUT2D eigenvalue weighted by Gasteiger charge is 1.84. The summed E-state index contributed by atoms with van der Waals surface area (Å²) in [6, 6.07) is 0. The molecule has 0 N–H and O–H groups in total. The van der Waals surface area contributed by atoms with Gasteiger partial charge >= 0.3 is 0 Å². The van der Waals surface area contributed by atoms with Crippen LogP contribution in [0.25, 0.3) is 0 Å². The van der Waals surface area contributed by atoms with Gasteiger partial charge in [0.2, 0.25) is 0 Å². The van der Waals surface area contributed by atoms with Gasteiger partial charge < -0.3 is 0 Å². The third-order valence-electron chi connectivity index (χ3n) is 1.85. The number of aliphatic imine (C=N–C) groups is 1. The van der Waals surface area contributed by atoms with Crippen LogP contribution in [0, 0.1) is 6.92 Å². The van der Waals surface area contributed by atoms with Crippen LogP contribution in [0.2, 0.25) is 0 Å². The second kappa shape index (κ2) is 10.7. The first kappa shape index (κ1) is 11.7. The summed E-state index contributed by atoms with van der Waals surface area (Å²) in [6.07, 6.45) is 10.6. The van der Waals surface area contributed by atoms with E-state index in [2.05, 4.69) is 25.1 Å². The highest BCUT2D eigenvalue weighted by atomic mass is 14.7. The Balaban J connectivity index is 2.92. The van der Waals surface area contributed by atoms with Crippen LogP contribution in [-0.4, -0.2) is 12.8 Å². The van der Waals surface area contributed by atoms with Crippen LogP contribution in [0.1, 0.15) is 51.9 Å². The zero-order valence-electron chi connectivity index (χ0n) is 8.39. The van der Waals surface area contributed by atoms with Gasteiger partial charge in [0.1, 0.15) is 0 Å². The maximum atomic E-state index is 4.33. The Morgan fingerprint density at radius 1 is 1.17 bits per heavy atom. The van der Waals surface area contributed by atoms with E-state index in [1.54, 1.807) is 0 Å². The number of rotatable bonds is 8. The molecule has 0 aliphatic rings. The molecule has 1 radical (unpaired) electrons. The molecule has 0 saturated heterocycles. The SMILES string of the molecule is [CH2]CCCC=NCCCCCC. The number of nitrogens with zero attached hydrogens (tertiary/aromatic N) is 1. The predicted molar refractivity (Wildman–Crippen MR) is 56.7 cm³/mol. The van der Waals surface area contributed by atoms with Crippen molar-refractivity contribution >= 4 is 6.21 Å². The van der Waals surface area contributed by atoms with Crippen LogP contribution in [-0.2, 0) is 0 Å². The average molecular weight is 168 g/mol. The van der Waals surface area contributed by atoms with Crippen molar-refractivity contribution in [1.82, 2.24) is 0 Å². The monoisotopic (exact) mass is 168 g/mol. The van der Waals surface area contributed by atoms with E-state index in [9.17, 15) is 0 Å². The molecule has 0 aromatic carbocycles. The molecule has 1 heteroatoms. The van der Waals surface area contributed by atoms with Crippen molar-refractivity contribution < 1.29 is 0 Å². The van der Waals surface area contributed by atoms with Gasteiger partial charge in [-0.05, 0) is 25.5 Å². The van der Waals surface area contributed by atoms with Gasteiger partial charge in [-0.2, -0.15) is 0 Å². The molecule has 0 heterocycles. The van der Waals surface area contributed by atoms with Gasteiger partial charge in [0.05, 0.1) is 0 Å². The average Bonchev–Trinajstić information content (AvgIpc) is 2.10. The fourth-order valence-electron chi connectivity index (χ4n) is 1.05. The van der Waals surface area contributed by atoms with Crippen LogP contribution in [0.15, 0.2) is 4.99 Å². The highest BCUT2D eigenvalue weighted by Crippen LogP contribution is 1.98. The van der Waals surface area contributed by atoms with Gasteiger partial charge in [-0.25, -0.2) is 0 Å². The van der Waals surface area contributed by atoms with Crippen LogP contribution in [0.5, 0.6) is 0 Å². The van der Waals surface area contributed by atoms with Crippen molar-refractivity contribution in [2.75, 3.05) is 6.54 Å². The van der Waals surface area contributed by atoms with Gasteiger partial charge in [0, 0.05) is 6.54 Å². The first-order chi connectivity index (χ1) is 5.91. The molecule has 0 rings (SSSR count). The van der Waals surface area contributed by atoms with Crippen molar-refractivity contribution in [1.29, 1.82) is 0 Å². The maximum absolute atomic E-state index is 4.33. The van der Waals surface area contributed by atoms with Gasteiger partial charge in [0.25, 0.3) is 0 Å². The van der Waals surface area contributed by atoms with Gasteiger partial charge in [-0.3, -0.25) is 4.99 Å². The summed E-state index contributed by atoms with van der Waals surface area (Å²) in [4.78, 5) is 4.33. The molecule has 0 aromatic heterocycles. The smallest absolute Gasteiger partial charge is 0.0385 e. The standard InChI is InChI=1S/C11H22N/c1-3-5-7-9-11-12-10-8-6-4-2/h10H,2-9,11H2,1H3. The van der Waals surface area contributed by atoms with Crippen LogP contribution >= 0.6 is 0 Å². The van der Waals surface area contributed by atoms with Crippen molar-refractivity contribution in [3.8, 4) is 0 Å². The van der Waals surface area contributed by atoms with Crippen LogP contribution < -0.4 is 0 Å². The third kappa shape index (κ3) is 9.67. The Morgan fingerprint density at radius 3 is 2.67 bits per heavy atom. The molecule has 0 aliphatic heterocycles.